The van der Waals surface area contributed by atoms with Crippen LogP contribution in [0.5, 0.6) is 0 Å². The molecular weight excluding hydrogens is 244 g/mol. The summed E-state index contributed by atoms with van der Waals surface area (Å²) < 4.78 is 0. The monoisotopic (exact) mass is 272 g/mol. The average molecular weight is 272 g/mol. The van der Waals surface area contributed by atoms with E-state index in [4.69, 9.17) is 5.73 Å². The summed E-state index contributed by atoms with van der Waals surface area (Å²) in [6.45, 7) is 3.17. The van der Waals surface area contributed by atoms with E-state index in [0.29, 0.717) is 6.04 Å². The van der Waals surface area contributed by atoms with Gasteiger partial charge >= 0.3 is 0 Å². The van der Waals surface area contributed by atoms with E-state index in [1.165, 1.54) is 69.2 Å². The van der Waals surface area contributed by atoms with Crippen molar-refractivity contribution in [2.24, 2.45) is 5.73 Å². The van der Waals surface area contributed by atoms with Crippen molar-refractivity contribution in [3.05, 3.63) is 35.4 Å². The smallest absolute Gasteiger partial charge is 0.0470 e. The number of nitrogens with two attached hydrogens (primary N) is 1. The molecular formula is C18H28N2. The normalized spacial score (nSPS) is 23.1. The molecule has 2 fully saturated rings. The molecule has 1 aliphatic heterocycles. The standard InChI is InChI=1S/C18H28N2/c19-14-18(20-12-4-2-1-3-5-13-20)17-10-8-16(9-11-17)15-6-7-15/h8-11,15,18H,1-7,12-14,19H2. The van der Waals surface area contributed by atoms with Gasteiger partial charge in [0.1, 0.15) is 0 Å². The first kappa shape index (κ1) is 14.1. The van der Waals surface area contributed by atoms with Gasteiger partial charge in [-0.25, -0.2) is 0 Å². The number of nitrogens with zero attached hydrogens (tertiary/aromatic N) is 1. The maximum atomic E-state index is 6.09. The largest absolute Gasteiger partial charge is 0.329 e. The van der Waals surface area contributed by atoms with Crippen molar-refractivity contribution in [3.63, 3.8) is 0 Å². The molecule has 1 aliphatic carbocycles. The maximum absolute atomic E-state index is 6.09. The Morgan fingerprint density at radius 1 is 0.950 bits per heavy atom. The van der Waals surface area contributed by atoms with Gasteiger partial charge in [0, 0.05) is 12.6 Å². The van der Waals surface area contributed by atoms with Gasteiger partial charge in [-0.3, -0.25) is 4.90 Å². The van der Waals surface area contributed by atoms with Gasteiger partial charge in [0.2, 0.25) is 0 Å². The van der Waals surface area contributed by atoms with Crippen LogP contribution in [0, 0.1) is 0 Å². The highest BCUT2D eigenvalue weighted by Gasteiger charge is 2.24. The minimum Gasteiger partial charge on any atom is -0.329 e. The minimum absolute atomic E-state index is 0.418. The molecule has 2 N–H and O–H groups in total. The first-order valence-electron chi connectivity index (χ1n) is 8.42. The SMILES string of the molecule is NCC(c1ccc(C2CC2)cc1)N1CCCCCCC1. The molecule has 1 atom stereocenters. The predicted octanol–water partition coefficient (Wildman–Crippen LogP) is 3.83. The molecule has 1 heterocycles. The fourth-order valence-corrected chi connectivity index (χ4v) is 3.49. The van der Waals surface area contributed by atoms with E-state index in [9.17, 15) is 0 Å². The highest BCUT2D eigenvalue weighted by atomic mass is 15.2. The molecule has 1 unspecified atom stereocenters. The lowest BCUT2D eigenvalue weighted by Crippen LogP contribution is -2.36. The second kappa shape index (κ2) is 6.73. The van der Waals surface area contributed by atoms with E-state index < -0.39 is 0 Å². The fraction of sp³-hybridized carbons (Fsp3) is 0.667. The molecule has 1 aromatic carbocycles. The minimum atomic E-state index is 0.418. The van der Waals surface area contributed by atoms with Crippen LogP contribution in [0.15, 0.2) is 24.3 Å². The van der Waals surface area contributed by atoms with Crippen LogP contribution < -0.4 is 5.73 Å². The van der Waals surface area contributed by atoms with Crippen LogP contribution in [0.2, 0.25) is 0 Å². The van der Waals surface area contributed by atoms with E-state index in [-0.39, 0.29) is 0 Å². The van der Waals surface area contributed by atoms with Gasteiger partial charge in [0.15, 0.2) is 0 Å². The number of benzene rings is 1. The van der Waals surface area contributed by atoms with Crippen LogP contribution in [0.25, 0.3) is 0 Å². The molecule has 0 bridgehead atoms. The highest BCUT2D eigenvalue weighted by molar-refractivity contribution is 5.30. The van der Waals surface area contributed by atoms with Crippen molar-refractivity contribution in [1.29, 1.82) is 0 Å². The Balaban J connectivity index is 1.69. The molecule has 110 valence electrons. The zero-order chi connectivity index (χ0) is 13.8. The van der Waals surface area contributed by atoms with E-state index in [2.05, 4.69) is 29.2 Å². The summed E-state index contributed by atoms with van der Waals surface area (Å²) in [5.41, 5.74) is 9.03. The van der Waals surface area contributed by atoms with Crippen LogP contribution in [0.3, 0.4) is 0 Å². The molecule has 1 aromatic rings. The second-order valence-electron chi connectivity index (χ2n) is 6.50. The Morgan fingerprint density at radius 2 is 1.55 bits per heavy atom. The first-order valence-corrected chi connectivity index (χ1v) is 8.42. The summed E-state index contributed by atoms with van der Waals surface area (Å²) in [6, 6.07) is 9.73. The van der Waals surface area contributed by atoms with Crippen molar-refractivity contribution in [1.82, 2.24) is 4.90 Å². The summed E-state index contributed by atoms with van der Waals surface area (Å²) in [5, 5.41) is 0. The van der Waals surface area contributed by atoms with Gasteiger partial charge in [-0.15, -0.1) is 0 Å². The Bertz CT molecular complexity index is 400. The second-order valence-corrected chi connectivity index (χ2v) is 6.50. The van der Waals surface area contributed by atoms with Crippen molar-refractivity contribution in [2.45, 2.75) is 56.9 Å². The van der Waals surface area contributed by atoms with Crippen molar-refractivity contribution in [3.8, 4) is 0 Å². The third kappa shape index (κ3) is 3.42. The summed E-state index contributed by atoms with van der Waals surface area (Å²) in [6.07, 6.45) is 9.60. The molecule has 0 spiro atoms. The topological polar surface area (TPSA) is 29.3 Å². The lowest BCUT2D eigenvalue weighted by atomic mass is 9.99. The maximum Gasteiger partial charge on any atom is 0.0470 e. The molecule has 1 saturated carbocycles. The number of hydrogen-bond acceptors (Lipinski definition) is 2. The molecule has 2 aliphatic rings. The highest BCUT2D eigenvalue weighted by Crippen LogP contribution is 2.40. The molecule has 20 heavy (non-hydrogen) atoms. The van der Waals surface area contributed by atoms with E-state index in [1.54, 1.807) is 0 Å². The Kier molecular flexibility index (Phi) is 4.74. The molecule has 2 heteroatoms. The van der Waals surface area contributed by atoms with Gasteiger partial charge in [-0.2, -0.15) is 0 Å². The lowest BCUT2D eigenvalue weighted by Gasteiger charge is -2.32. The van der Waals surface area contributed by atoms with Gasteiger partial charge in [0.05, 0.1) is 0 Å². The van der Waals surface area contributed by atoms with Crippen LogP contribution in [0.1, 0.15) is 68.0 Å². The molecule has 3 rings (SSSR count). The summed E-state index contributed by atoms with van der Waals surface area (Å²) >= 11 is 0. The van der Waals surface area contributed by atoms with Crippen LogP contribution in [-0.2, 0) is 0 Å². The molecule has 0 aromatic heterocycles. The van der Waals surface area contributed by atoms with Crippen LogP contribution >= 0.6 is 0 Å². The Hall–Kier alpha value is -0.860. The third-order valence-corrected chi connectivity index (χ3v) is 4.92. The summed E-state index contributed by atoms with van der Waals surface area (Å²) in [5.74, 6) is 0.849. The Labute approximate surface area is 123 Å². The first-order chi connectivity index (χ1) is 9.88. The van der Waals surface area contributed by atoms with E-state index in [1.807, 2.05) is 0 Å². The van der Waals surface area contributed by atoms with Gasteiger partial charge < -0.3 is 5.73 Å². The fourth-order valence-electron chi connectivity index (χ4n) is 3.49. The lowest BCUT2D eigenvalue weighted by molar-refractivity contribution is 0.183. The van der Waals surface area contributed by atoms with E-state index >= 15 is 0 Å². The van der Waals surface area contributed by atoms with Gasteiger partial charge in [-0.1, -0.05) is 43.5 Å². The zero-order valence-electron chi connectivity index (χ0n) is 12.6. The van der Waals surface area contributed by atoms with E-state index in [0.717, 1.165) is 12.5 Å². The van der Waals surface area contributed by atoms with Crippen molar-refractivity contribution < 1.29 is 0 Å². The summed E-state index contributed by atoms with van der Waals surface area (Å²) in [4.78, 5) is 2.62. The Morgan fingerprint density at radius 3 is 2.10 bits per heavy atom. The third-order valence-electron chi connectivity index (χ3n) is 4.92. The van der Waals surface area contributed by atoms with Crippen LogP contribution in [0.4, 0.5) is 0 Å². The average Bonchev–Trinajstić information content (AvgIpc) is 3.27. The number of rotatable bonds is 4. The predicted molar refractivity (Wildman–Crippen MR) is 84.9 cm³/mol. The van der Waals surface area contributed by atoms with Crippen LogP contribution in [-0.4, -0.2) is 24.5 Å². The van der Waals surface area contributed by atoms with Crippen molar-refractivity contribution in [2.75, 3.05) is 19.6 Å². The van der Waals surface area contributed by atoms with Gasteiger partial charge in [0.25, 0.3) is 0 Å². The number of likely N-dealkylation sites (tertiary alicyclic amines) is 1. The molecule has 1 saturated heterocycles. The van der Waals surface area contributed by atoms with Gasteiger partial charge in [-0.05, 0) is 55.8 Å². The quantitative estimate of drug-likeness (QED) is 0.902. The molecule has 0 amide bonds. The molecule has 0 radical (unpaired) electrons. The number of hydrogen-bond donors (Lipinski definition) is 1. The molecule has 2 nitrogen and oxygen atoms in total. The van der Waals surface area contributed by atoms with Crippen molar-refractivity contribution >= 4 is 0 Å². The zero-order valence-corrected chi connectivity index (χ0v) is 12.6. The summed E-state index contributed by atoms with van der Waals surface area (Å²) in [7, 11) is 0.